The third kappa shape index (κ3) is 3.60. The summed E-state index contributed by atoms with van der Waals surface area (Å²) in [4.78, 5) is 16.5. The number of amides is 2. The minimum Gasteiger partial charge on any atom is -0.325 e. The lowest BCUT2D eigenvalue weighted by molar-refractivity contribution is 0.114. The second kappa shape index (κ2) is 7.12. The van der Waals surface area contributed by atoms with Crippen LogP contribution in [0.4, 0.5) is 9.18 Å². The third-order valence-electron chi connectivity index (χ3n) is 4.44. The Labute approximate surface area is 133 Å². The Kier molecular flexibility index (Phi) is 5.43. The predicted octanol–water partition coefficient (Wildman–Crippen LogP) is 4.24. The highest BCUT2D eigenvalue weighted by Gasteiger charge is 2.30. The molecule has 1 fully saturated rings. The first-order chi connectivity index (χ1) is 10.4. The summed E-state index contributed by atoms with van der Waals surface area (Å²) in [6.45, 7) is 9.59. The predicted molar refractivity (Wildman–Crippen MR) is 87.5 cm³/mol. The molecule has 1 aliphatic heterocycles. The fraction of sp³-hybridized carbons (Fsp3) is 0.611. The summed E-state index contributed by atoms with van der Waals surface area (Å²) < 4.78 is 13.9. The Morgan fingerprint density at radius 1 is 1.14 bits per heavy atom. The van der Waals surface area contributed by atoms with Gasteiger partial charge >= 0.3 is 6.03 Å². The molecule has 0 N–H and O–H groups in total. The molecule has 0 saturated carbocycles. The molecule has 0 radical (unpaired) electrons. The number of carbonyl (C=O) groups excluding carboxylic acids is 1. The van der Waals surface area contributed by atoms with E-state index in [0.717, 1.165) is 18.4 Å². The van der Waals surface area contributed by atoms with Gasteiger partial charge in [-0.2, -0.15) is 0 Å². The van der Waals surface area contributed by atoms with E-state index in [1.165, 1.54) is 6.07 Å². The minimum absolute atomic E-state index is 0.108. The summed E-state index contributed by atoms with van der Waals surface area (Å²) in [5, 5.41) is 0. The number of rotatable bonds is 3. The maximum atomic E-state index is 13.9. The van der Waals surface area contributed by atoms with Gasteiger partial charge in [0.25, 0.3) is 0 Å². The second-order valence-corrected chi connectivity index (χ2v) is 6.66. The maximum Gasteiger partial charge on any atom is 0.320 e. The molecule has 122 valence electrons. The van der Waals surface area contributed by atoms with Crippen LogP contribution < -0.4 is 0 Å². The Morgan fingerprint density at radius 2 is 1.68 bits per heavy atom. The Hall–Kier alpha value is -1.58. The van der Waals surface area contributed by atoms with Gasteiger partial charge < -0.3 is 9.80 Å². The number of piperidine rings is 1. The summed E-state index contributed by atoms with van der Waals surface area (Å²) in [6.07, 6.45) is 1.66. The van der Waals surface area contributed by atoms with E-state index >= 15 is 0 Å². The van der Waals surface area contributed by atoms with Crippen molar-refractivity contribution in [1.29, 1.82) is 0 Å². The highest BCUT2D eigenvalue weighted by Crippen LogP contribution is 2.30. The van der Waals surface area contributed by atoms with Gasteiger partial charge in [0.05, 0.1) is 0 Å². The van der Waals surface area contributed by atoms with Crippen LogP contribution in [0.1, 0.15) is 52.0 Å². The van der Waals surface area contributed by atoms with Crippen LogP contribution in [0.5, 0.6) is 0 Å². The normalized spacial score (nSPS) is 16.4. The van der Waals surface area contributed by atoms with Gasteiger partial charge in [-0.05, 0) is 58.1 Å². The third-order valence-corrected chi connectivity index (χ3v) is 4.44. The molecule has 3 nitrogen and oxygen atoms in total. The monoisotopic (exact) mass is 306 g/mol. The quantitative estimate of drug-likeness (QED) is 0.819. The minimum atomic E-state index is -0.127. The van der Waals surface area contributed by atoms with E-state index < -0.39 is 0 Å². The molecule has 0 spiro atoms. The van der Waals surface area contributed by atoms with Gasteiger partial charge in [0, 0.05) is 25.2 Å². The summed E-state index contributed by atoms with van der Waals surface area (Å²) in [5.74, 6) is 0.0927. The molecule has 0 aromatic heterocycles. The van der Waals surface area contributed by atoms with Crippen molar-refractivity contribution in [2.45, 2.75) is 58.5 Å². The van der Waals surface area contributed by atoms with Crippen LogP contribution in [-0.4, -0.2) is 41.0 Å². The number of nitrogens with zero attached hydrogens (tertiary/aromatic N) is 2. The molecule has 1 saturated heterocycles. The lowest BCUT2D eigenvalue weighted by Gasteiger charge is -2.39. The van der Waals surface area contributed by atoms with E-state index in [4.69, 9.17) is 0 Å². The molecule has 1 aliphatic rings. The highest BCUT2D eigenvalue weighted by atomic mass is 19.1. The number of likely N-dealkylation sites (tertiary alicyclic amines) is 1. The number of hydrogen-bond acceptors (Lipinski definition) is 1. The zero-order valence-corrected chi connectivity index (χ0v) is 14.1. The zero-order chi connectivity index (χ0) is 16.3. The number of benzene rings is 1. The standard InChI is InChI=1S/C18H27FN2O/c1-13(2)21(14(3)4)18(22)20-11-9-15(10-12-20)16-7-5-6-8-17(16)19/h5-8,13-15H,9-12H2,1-4H3. The highest BCUT2D eigenvalue weighted by molar-refractivity contribution is 5.75. The van der Waals surface area contributed by atoms with Crippen molar-refractivity contribution in [2.75, 3.05) is 13.1 Å². The van der Waals surface area contributed by atoms with Gasteiger partial charge in [-0.15, -0.1) is 0 Å². The number of carbonyl (C=O) groups is 1. The first-order valence-electron chi connectivity index (χ1n) is 8.23. The van der Waals surface area contributed by atoms with Gasteiger partial charge in [0.1, 0.15) is 5.82 Å². The van der Waals surface area contributed by atoms with E-state index in [9.17, 15) is 9.18 Å². The van der Waals surface area contributed by atoms with Crippen LogP contribution >= 0.6 is 0 Å². The number of hydrogen-bond donors (Lipinski definition) is 0. The molecule has 1 aromatic carbocycles. The Morgan fingerprint density at radius 3 is 2.18 bits per heavy atom. The Bertz CT molecular complexity index is 500. The molecule has 0 unspecified atom stereocenters. The summed E-state index contributed by atoms with van der Waals surface area (Å²) in [6, 6.07) is 7.49. The van der Waals surface area contributed by atoms with Gasteiger partial charge in [-0.3, -0.25) is 0 Å². The topological polar surface area (TPSA) is 23.6 Å². The average molecular weight is 306 g/mol. The van der Waals surface area contributed by atoms with Crippen LogP contribution in [0.15, 0.2) is 24.3 Å². The lowest BCUT2D eigenvalue weighted by atomic mass is 9.89. The molecular weight excluding hydrogens is 279 g/mol. The van der Waals surface area contributed by atoms with E-state index in [-0.39, 0.29) is 29.8 Å². The first kappa shape index (κ1) is 16.8. The molecule has 0 bridgehead atoms. The van der Waals surface area contributed by atoms with Gasteiger partial charge in [0.2, 0.25) is 0 Å². The zero-order valence-electron chi connectivity index (χ0n) is 14.1. The summed E-state index contributed by atoms with van der Waals surface area (Å²) in [7, 11) is 0. The summed E-state index contributed by atoms with van der Waals surface area (Å²) >= 11 is 0. The molecule has 2 amide bonds. The fourth-order valence-corrected chi connectivity index (χ4v) is 3.39. The SMILES string of the molecule is CC(C)N(C(=O)N1CCC(c2ccccc2F)CC1)C(C)C. The van der Waals surface area contributed by atoms with Crippen molar-refractivity contribution >= 4 is 6.03 Å². The van der Waals surface area contributed by atoms with Crippen LogP contribution in [0, 0.1) is 5.82 Å². The molecule has 4 heteroatoms. The van der Waals surface area contributed by atoms with E-state index in [1.807, 2.05) is 49.6 Å². The van der Waals surface area contributed by atoms with Gasteiger partial charge in [0.15, 0.2) is 0 Å². The maximum absolute atomic E-state index is 13.9. The van der Waals surface area contributed by atoms with Crippen molar-refractivity contribution in [1.82, 2.24) is 9.80 Å². The van der Waals surface area contributed by atoms with Gasteiger partial charge in [-0.1, -0.05) is 18.2 Å². The average Bonchev–Trinajstić information content (AvgIpc) is 2.47. The van der Waals surface area contributed by atoms with Gasteiger partial charge in [-0.25, -0.2) is 9.18 Å². The smallest absolute Gasteiger partial charge is 0.320 e. The van der Waals surface area contributed by atoms with Crippen LogP contribution in [-0.2, 0) is 0 Å². The van der Waals surface area contributed by atoms with E-state index in [0.29, 0.717) is 13.1 Å². The van der Waals surface area contributed by atoms with Crippen LogP contribution in [0.25, 0.3) is 0 Å². The van der Waals surface area contributed by atoms with Crippen molar-refractivity contribution in [2.24, 2.45) is 0 Å². The molecule has 0 aliphatic carbocycles. The molecule has 1 aromatic rings. The molecular formula is C18H27FN2O. The van der Waals surface area contributed by atoms with Crippen molar-refractivity contribution in [3.8, 4) is 0 Å². The molecule has 0 atom stereocenters. The largest absolute Gasteiger partial charge is 0.325 e. The number of halogens is 1. The van der Waals surface area contributed by atoms with Crippen LogP contribution in [0.2, 0.25) is 0 Å². The van der Waals surface area contributed by atoms with Crippen molar-refractivity contribution in [3.05, 3.63) is 35.6 Å². The van der Waals surface area contributed by atoms with E-state index in [1.54, 1.807) is 6.07 Å². The lowest BCUT2D eigenvalue weighted by Crippen LogP contribution is -2.51. The molecule has 2 rings (SSSR count). The Balaban J connectivity index is 2.00. The first-order valence-corrected chi connectivity index (χ1v) is 8.23. The molecule has 1 heterocycles. The summed E-state index contributed by atoms with van der Waals surface area (Å²) in [5.41, 5.74) is 0.791. The number of urea groups is 1. The fourth-order valence-electron chi connectivity index (χ4n) is 3.39. The molecule has 22 heavy (non-hydrogen) atoms. The van der Waals surface area contributed by atoms with Crippen LogP contribution in [0.3, 0.4) is 0 Å². The van der Waals surface area contributed by atoms with Crippen molar-refractivity contribution in [3.63, 3.8) is 0 Å². The van der Waals surface area contributed by atoms with Crippen molar-refractivity contribution < 1.29 is 9.18 Å². The van der Waals surface area contributed by atoms with E-state index in [2.05, 4.69) is 0 Å². The second-order valence-electron chi connectivity index (χ2n) is 6.66.